The minimum absolute atomic E-state index is 0.111. The number of aryl methyl sites for hydroxylation is 1. The molecule has 0 aliphatic heterocycles. The van der Waals surface area contributed by atoms with E-state index < -0.39 is 0 Å². The summed E-state index contributed by atoms with van der Waals surface area (Å²) in [6.45, 7) is 6.83. The van der Waals surface area contributed by atoms with E-state index in [2.05, 4.69) is 33.7 Å². The van der Waals surface area contributed by atoms with Gasteiger partial charge in [-0.25, -0.2) is 10.8 Å². The first-order valence-corrected chi connectivity index (χ1v) is 7.42. The lowest BCUT2D eigenvalue weighted by molar-refractivity contribution is 0.171. The van der Waals surface area contributed by atoms with E-state index in [0.717, 1.165) is 22.5 Å². The number of nitrogens with zero attached hydrogens (tertiary/aromatic N) is 2. The van der Waals surface area contributed by atoms with Gasteiger partial charge in [-0.2, -0.15) is 4.98 Å². The summed E-state index contributed by atoms with van der Waals surface area (Å²) in [4.78, 5) is 10.9. The summed E-state index contributed by atoms with van der Waals surface area (Å²) < 4.78 is 0. The average molecular weight is 295 g/mol. The topological polar surface area (TPSA) is 96.1 Å². The lowest BCUT2D eigenvalue weighted by atomic mass is 9.95. The van der Waals surface area contributed by atoms with Crippen LogP contribution in [0.5, 0.6) is 0 Å². The van der Waals surface area contributed by atoms with Gasteiger partial charge in [-0.3, -0.25) is 5.43 Å². The molecule has 0 fully saturated rings. The molecule has 0 aliphatic rings. The number of nitrogens with two attached hydrogens (primary N) is 1. The molecule has 0 aliphatic carbocycles. The zero-order valence-electron chi connectivity index (χ0n) is 12.0. The Labute approximate surface area is 122 Å². The van der Waals surface area contributed by atoms with E-state index in [1.165, 1.54) is 4.88 Å². The second-order valence-corrected chi connectivity index (χ2v) is 6.62. The molecule has 110 valence electrons. The van der Waals surface area contributed by atoms with E-state index in [0.29, 0.717) is 12.5 Å². The van der Waals surface area contributed by atoms with Crippen LogP contribution >= 0.6 is 11.3 Å². The zero-order valence-corrected chi connectivity index (χ0v) is 12.8. The van der Waals surface area contributed by atoms with Crippen LogP contribution in [0.2, 0.25) is 0 Å². The van der Waals surface area contributed by atoms with Crippen molar-refractivity contribution in [1.82, 2.24) is 9.97 Å². The number of hydrogen-bond acceptors (Lipinski definition) is 7. The van der Waals surface area contributed by atoms with E-state index in [-0.39, 0.29) is 12.0 Å². The molecule has 2 aromatic heterocycles. The lowest BCUT2D eigenvalue weighted by Gasteiger charge is -2.22. The molecule has 0 spiro atoms. The highest BCUT2D eigenvalue weighted by Crippen LogP contribution is 2.30. The largest absolute Gasteiger partial charge is 0.396 e. The van der Waals surface area contributed by atoms with Crippen molar-refractivity contribution in [3.05, 3.63) is 10.9 Å². The van der Waals surface area contributed by atoms with Gasteiger partial charge >= 0.3 is 0 Å². The Kier molecular flexibility index (Phi) is 4.42. The number of nitrogens with one attached hydrogen (secondary N) is 2. The Morgan fingerprint density at radius 2 is 2.15 bits per heavy atom. The number of nitrogen functional groups attached to an aromatic ring is 1. The molecule has 0 amide bonds. The number of aliphatic hydroxyl groups excluding tert-OH is 1. The maximum atomic E-state index is 9.33. The molecule has 0 atom stereocenters. The summed E-state index contributed by atoms with van der Waals surface area (Å²) >= 11 is 1.64. The summed E-state index contributed by atoms with van der Waals surface area (Å²) in [7, 11) is 0. The van der Waals surface area contributed by atoms with Gasteiger partial charge < -0.3 is 10.4 Å². The molecule has 0 radical (unpaired) electrons. The third-order valence-corrected chi connectivity index (χ3v) is 4.26. The van der Waals surface area contributed by atoms with Crippen molar-refractivity contribution in [1.29, 1.82) is 0 Å². The second-order valence-electron chi connectivity index (χ2n) is 5.50. The van der Waals surface area contributed by atoms with Gasteiger partial charge in [0.15, 0.2) is 0 Å². The van der Waals surface area contributed by atoms with E-state index in [1.807, 2.05) is 13.8 Å². The fraction of sp³-hybridized carbons (Fsp3) is 0.538. The predicted molar refractivity (Wildman–Crippen MR) is 84.0 cm³/mol. The van der Waals surface area contributed by atoms with Crippen molar-refractivity contribution in [2.75, 3.05) is 23.9 Å². The number of anilines is 2. The first kappa shape index (κ1) is 15.0. The highest BCUT2D eigenvalue weighted by Gasteiger charge is 2.18. The van der Waals surface area contributed by atoms with Crippen LogP contribution < -0.4 is 16.6 Å². The third-order valence-electron chi connectivity index (χ3n) is 3.08. The van der Waals surface area contributed by atoms with Crippen molar-refractivity contribution in [2.45, 2.75) is 27.2 Å². The summed E-state index contributed by atoms with van der Waals surface area (Å²) in [6, 6.07) is 2.11. The molecule has 2 aromatic rings. The van der Waals surface area contributed by atoms with Crippen LogP contribution in [0.25, 0.3) is 10.2 Å². The summed E-state index contributed by atoms with van der Waals surface area (Å²) in [6.07, 6.45) is 0.966. The van der Waals surface area contributed by atoms with Crippen LogP contribution in [-0.2, 0) is 6.42 Å². The number of hydrazine groups is 1. The van der Waals surface area contributed by atoms with Gasteiger partial charge in [0.2, 0.25) is 5.95 Å². The zero-order chi connectivity index (χ0) is 14.8. The van der Waals surface area contributed by atoms with Crippen LogP contribution in [0.15, 0.2) is 6.07 Å². The van der Waals surface area contributed by atoms with Crippen molar-refractivity contribution in [3.8, 4) is 0 Å². The Morgan fingerprint density at radius 3 is 2.75 bits per heavy atom. The molecule has 5 N–H and O–H groups in total. The molecular weight excluding hydrogens is 274 g/mol. The van der Waals surface area contributed by atoms with Crippen LogP contribution in [0.3, 0.4) is 0 Å². The van der Waals surface area contributed by atoms with Gasteiger partial charge in [0.25, 0.3) is 0 Å². The van der Waals surface area contributed by atoms with E-state index in [9.17, 15) is 5.11 Å². The summed E-state index contributed by atoms with van der Waals surface area (Å²) in [5.41, 5.74) is 2.28. The number of hydrogen-bond donors (Lipinski definition) is 4. The lowest BCUT2D eigenvalue weighted by Crippen LogP contribution is -2.27. The molecule has 0 saturated heterocycles. The van der Waals surface area contributed by atoms with Gasteiger partial charge in [-0.1, -0.05) is 20.8 Å². The Bertz CT molecular complexity index is 596. The van der Waals surface area contributed by atoms with Crippen LogP contribution in [0.4, 0.5) is 11.8 Å². The van der Waals surface area contributed by atoms with Crippen LogP contribution in [0, 0.1) is 5.41 Å². The highest BCUT2D eigenvalue weighted by molar-refractivity contribution is 7.18. The maximum Gasteiger partial charge on any atom is 0.240 e. The molecule has 0 unspecified atom stereocenters. The van der Waals surface area contributed by atoms with E-state index >= 15 is 0 Å². The van der Waals surface area contributed by atoms with Gasteiger partial charge in [0.05, 0.1) is 5.39 Å². The molecule has 2 heterocycles. The number of fused-ring (bicyclic) bond motifs is 1. The molecule has 6 nitrogen and oxygen atoms in total. The van der Waals surface area contributed by atoms with Crippen LogP contribution in [0.1, 0.15) is 25.6 Å². The second kappa shape index (κ2) is 5.90. The number of aromatic nitrogens is 2. The van der Waals surface area contributed by atoms with Crippen molar-refractivity contribution < 1.29 is 5.11 Å². The Hall–Kier alpha value is -1.44. The quantitative estimate of drug-likeness (QED) is 0.481. The monoisotopic (exact) mass is 295 g/mol. The fourth-order valence-corrected chi connectivity index (χ4v) is 2.69. The molecule has 7 heteroatoms. The Balaban J connectivity index is 2.36. The van der Waals surface area contributed by atoms with E-state index in [1.54, 1.807) is 11.3 Å². The number of thiophene rings is 1. The van der Waals surface area contributed by atoms with Gasteiger partial charge in [-0.05, 0) is 12.5 Å². The predicted octanol–water partition coefficient (Wildman–Crippen LogP) is 1.97. The highest BCUT2D eigenvalue weighted by atomic mass is 32.1. The first-order valence-electron chi connectivity index (χ1n) is 6.61. The standard InChI is InChI=1S/C13H21N5OS/c1-4-8-5-9-10(15-6-13(2,3)7-19)16-12(18-14)17-11(9)20-8/h5,19H,4,6-7,14H2,1-3H3,(H2,15,16,17,18). The smallest absolute Gasteiger partial charge is 0.240 e. The molecule has 2 rings (SSSR count). The van der Waals surface area contributed by atoms with Gasteiger partial charge in [0, 0.05) is 23.4 Å². The van der Waals surface area contributed by atoms with Gasteiger partial charge in [-0.15, -0.1) is 11.3 Å². The fourth-order valence-electron chi connectivity index (χ4n) is 1.72. The minimum Gasteiger partial charge on any atom is -0.396 e. The molecular formula is C13H21N5OS. The number of aliphatic hydroxyl groups is 1. The summed E-state index contributed by atoms with van der Waals surface area (Å²) in [5, 5.41) is 13.6. The summed E-state index contributed by atoms with van der Waals surface area (Å²) in [5.74, 6) is 6.56. The van der Waals surface area contributed by atoms with Crippen LogP contribution in [-0.4, -0.2) is 28.2 Å². The average Bonchev–Trinajstić information content (AvgIpc) is 2.87. The number of rotatable bonds is 6. The van der Waals surface area contributed by atoms with E-state index in [4.69, 9.17) is 5.84 Å². The SMILES string of the molecule is CCc1cc2c(NCC(C)(C)CO)nc(NN)nc2s1. The maximum absolute atomic E-state index is 9.33. The first-order chi connectivity index (χ1) is 9.49. The third kappa shape index (κ3) is 3.17. The minimum atomic E-state index is -0.211. The van der Waals surface area contributed by atoms with Gasteiger partial charge in [0.1, 0.15) is 10.6 Å². The molecule has 0 aromatic carbocycles. The molecule has 0 saturated carbocycles. The normalized spacial score (nSPS) is 11.8. The molecule has 20 heavy (non-hydrogen) atoms. The van der Waals surface area contributed by atoms with Crippen molar-refractivity contribution in [3.63, 3.8) is 0 Å². The van der Waals surface area contributed by atoms with Crippen molar-refractivity contribution in [2.24, 2.45) is 11.3 Å². The Morgan fingerprint density at radius 1 is 1.40 bits per heavy atom. The van der Waals surface area contributed by atoms with Crippen molar-refractivity contribution >= 4 is 33.3 Å². The molecule has 0 bridgehead atoms.